The minimum atomic E-state index is -0.0113. The molecule has 23 heavy (non-hydrogen) atoms. The number of aromatic hydroxyl groups is 1. The number of carbonyl (C=O) groups is 1. The Balaban J connectivity index is 1.52. The summed E-state index contributed by atoms with van der Waals surface area (Å²) in [5, 5.41) is 14.7. The van der Waals surface area contributed by atoms with Crippen LogP contribution in [0.2, 0.25) is 0 Å². The highest BCUT2D eigenvalue weighted by Gasteiger charge is 2.29. The number of phenolic OH excluding ortho intramolecular Hbond substituents is 1. The molecule has 2 N–H and O–H groups in total. The minimum Gasteiger partial charge on any atom is -0.508 e. The average Bonchev–Trinajstić information content (AvgIpc) is 2.86. The Kier molecular flexibility index (Phi) is 3.69. The number of amides is 1. The van der Waals surface area contributed by atoms with E-state index in [-0.39, 0.29) is 17.7 Å². The number of hydrogen-bond donors (Lipinski definition) is 2. The summed E-state index contributed by atoms with van der Waals surface area (Å²) < 4.78 is 0. The Morgan fingerprint density at radius 2 is 1.87 bits per heavy atom. The lowest BCUT2D eigenvalue weighted by Crippen LogP contribution is -2.41. The molecular formula is C19H22N2O2. The summed E-state index contributed by atoms with van der Waals surface area (Å²) >= 11 is 0. The van der Waals surface area contributed by atoms with Gasteiger partial charge in [-0.15, -0.1) is 0 Å². The van der Waals surface area contributed by atoms with Gasteiger partial charge in [0.05, 0.1) is 0 Å². The maximum atomic E-state index is 12.6. The van der Waals surface area contributed by atoms with Gasteiger partial charge in [0, 0.05) is 18.2 Å². The highest BCUT2D eigenvalue weighted by molar-refractivity contribution is 5.99. The monoisotopic (exact) mass is 310 g/mol. The summed E-state index contributed by atoms with van der Waals surface area (Å²) in [6.45, 7) is 3.31. The predicted molar refractivity (Wildman–Crippen MR) is 90.6 cm³/mol. The second-order valence-electron chi connectivity index (χ2n) is 6.90. The summed E-state index contributed by atoms with van der Waals surface area (Å²) in [4.78, 5) is 15.1. The molecule has 4 heteroatoms. The molecule has 3 aliphatic rings. The second kappa shape index (κ2) is 5.85. The first-order valence-corrected chi connectivity index (χ1v) is 8.43. The standard InChI is InChI=1S/C19H22N2O2/c22-18-4-3-14-1-2-15(10-16(14)11-18)19(23)20-17-9-13-5-7-21(12-17)8-6-13/h1-4,10-11,13,17,22H,5-9,12H2,(H,20,23). The molecule has 5 rings (SSSR count). The zero-order chi connectivity index (χ0) is 15.8. The van der Waals surface area contributed by atoms with Crippen molar-refractivity contribution in [2.24, 2.45) is 5.92 Å². The number of carbonyl (C=O) groups excluding carboxylic acids is 1. The van der Waals surface area contributed by atoms with Gasteiger partial charge in [0.15, 0.2) is 0 Å². The van der Waals surface area contributed by atoms with Crippen LogP contribution < -0.4 is 5.32 Å². The van der Waals surface area contributed by atoms with Crippen LogP contribution in [0.3, 0.4) is 0 Å². The van der Waals surface area contributed by atoms with E-state index in [1.165, 1.54) is 25.9 Å². The largest absolute Gasteiger partial charge is 0.508 e. The minimum absolute atomic E-state index is 0.0113. The highest BCUT2D eigenvalue weighted by Crippen LogP contribution is 2.27. The van der Waals surface area contributed by atoms with Gasteiger partial charge < -0.3 is 15.3 Å². The Bertz CT molecular complexity index is 721. The normalized spacial score (nSPS) is 26.9. The zero-order valence-corrected chi connectivity index (χ0v) is 13.2. The van der Waals surface area contributed by atoms with Gasteiger partial charge in [0.2, 0.25) is 0 Å². The zero-order valence-electron chi connectivity index (χ0n) is 13.2. The van der Waals surface area contributed by atoms with Crippen LogP contribution in [0.25, 0.3) is 10.8 Å². The molecule has 3 saturated heterocycles. The van der Waals surface area contributed by atoms with Crippen molar-refractivity contribution >= 4 is 16.7 Å². The molecule has 0 radical (unpaired) electrons. The van der Waals surface area contributed by atoms with Gasteiger partial charge in [-0.2, -0.15) is 0 Å². The van der Waals surface area contributed by atoms with E-state index >= 15 is 0 Å². The molecule has 2 bridgehead atoms. The Morgan fingerprint density at radius 3 is 2.70 bits per heavy atom. The molecule has 2 aromatic rings. The number of piperidine rings is 1. The fourth-order valence-corrected chi connectivity index (χ4v) is 3.94. The van der Waals surface area contributed by atoms with E-state index in [0.717, 1.165) is 29.7 Å². The van der Waals surface area contributed by atoms with Crippen molar-refractivity contribution in [2.75, 3.05) is 19.6 Å². The molecule has 1 unspecified atom stereocenters. The Morgan fingerprint density at radius 1 is 1.09 bits per heavy atom. The third kappa shape index (κ3) is 3.04. The molecule has 3 heterocycles. The number of benzene rings is 2. The molecule has 120 valence electrons. The molecule has 1 atom stereocenters. The van der Waals surface area contributed by atoms with Crippen molar-refractivity contribution in [2.45, 2.75) is 25.3 Å². The van der Waals surface area contributed by atoms with Gasteiger partial charge in [-0.05, 0) is 73.3 Å². The molecule has 0 aromatic heterocycles. The quantitative estimate of drug-likeness (QED) is 0.897. The maximum absolute atomic E-state index is 12.6. The van der Waals surface area contributed by atoms with E-state index in [1.807, 2.05) is 24.3 Å². The van der Waals surface area contributed by atoms with Crippen molar-refractivity contribution in [3.8, 4) is 5.75 Å². The van der Waals surface area contributed by atoms with Crippen LogP contribution in [0.5, 0.6) is 5.75 Å². The van der Waals surface area contributed by atoms with Crippen LogP contribution in [0, 0.1) is 5.92 Å². The van der Waals surface area contributed by atoms with Crippen LogP contribution in [0.15, 0.2) is 36.4 Å². The topological polar surface area (TPSA) is 52.6 Å². The van der Waals surface area contributed by atoms with E-state index in [0.29, 0.717) is 5.56 Å². The van der Waals surface area contributed by atoms with Gasteiger partial charge in [0.25, 0.3) is 5.91 Å². The first kappa shape index (κ1) is 14.5. The molecule has 0 aliphatic carbocycles. The summed E-state index contributed by atoms with van der Waals surface area (Å²) in [5.74, 6) is 0.971. The van der Waals surface area contributed by atoms with Gasteiger partial charge in [-0.3, -0.25) is 4.79 Å². The van der Waals surface area contributed by atoms with E-state index in [4.69, 9.17) is 0 Å². The predicted octanol–water partition coefficient (Wildman–Crippen LogP) is 2.76. The van der Waals surface area contributed by atoms with Crippen LogP contribution in [-0.2, 0) is 0 Å². The summed E-state index contributed by atoms with van der Waals surface area (Å²) in [5.41, 5.74) is 0.662. The molecule has 2 aromatic carbocycles. The molecule has 4 nitrogen and oxygen atoms in total. The maximum Gasteiger partial charge on any atom is 0.251 e. The molecule has 0 saturated carbocycles. The summed E-state index contributed by atoms with van der Waals surface area (Å²) in [7, 11) is 0. The first-order chi connectivity index (χ1) is 11.2. The molecular weight excluding hydrogens is 288 g/mol. The number of nitrogens with one attached hydrogen (secondary N) is 1. The molecule has 0 spiro atoms. The molecule has 3 fully saturated rings. The van der Waals surface area contributed by atoms with E-state index in [9.17, 15) is 9.90 Å². The van der Waals surface area contributed by atoms with E-state index in [2.05, 4.69) is 10.2 Å². The number of phenols is 1. The number of hydrogen-bond acceptors (Lipinski definition) is 3. The van der Waals surface area contributed by atoms with Crippen LogP contribution >= 0.6 is 0 Å². The lowest BCUT2D eigenvalue weighted by Gasteiger charge is -2.26. The van der Waals surface area contributed by atoms with Crippen LogP contribution in [0.4, 0.5) is 0 Å². The van der Waals surface area contributed by atoms with Crippen molar-refractivity contribution < 1.29 is 9.90 Å². The van der Waals surface area contributed by atoms with Gasteiger partial charge >= 0.3 is 0 Å². The lowest BCUT2D eigenvalue weighted by molar-refractivity contribution is 0.0929. The number of fused-ring (bicyclic) bond motifs is 5. The number of rotatable bonds is 2. The lowest BCUT2D eigenvalue weighted by atomic mass is 9.94. The van der Waals surface area contributed by atoms with Crippen molar-refractivity contribution in [3.63, 3.8) is 0 Å². The van der Waals surface area contributed by atoms with Crippen molar-refractivity contribution in [1.82, 2.24) is 10.2 Å². The molecule has 1 amide bonds. The van der Waals surface area contributed by atoms with Crippen LogP contribution in [0.1, 0.15) is 29.6 Å². The van der Waals surface area contributed by atoms with E-state index in [1.54, 1.807) is 12.1 Å². The highest BCUT2D eigenvalue weighted by atomic mass is 16.3. The smallest absolute Gasteiger partial charge is 0.251 e. The average molecular weight is 310 g/mol. The van der Waals surface area contributed by atoms with E-state index < -0.39 is 0 Å². The fourth-order valence-electron chi connectivity index (χ4n) is 3.94. The Hall–Kier alpha value is -2.07. The van der Waals surface area contributed by atoms with Crippen molar-refractivity contribution in [1.29, 1.82) is 0 Å². The Labute approximate surface area is 136 Å². The van der Waals surface area contributed by atoms with Gasteiger partial charge in [-0.1, -0.05) is 12.1 Å². The third-order valence-corrected chi connectivity index (χ3v) is 5.22. The summed E-state index contributed by atoms with van der Waals surface area (Å²) in [6.07, 6.45) is 3.62. The fraction of sp³-hybridized carbons (Fsp3) is 0.421. The van der Waals surface area contributed by atoms with Gasteiger partial charge in [0.1, 0.15) is 5.75 Å². The summed E-state index contributed by atoms with van der Waals surface area (Å²) in [6, 6.07) is 11.1. The number of nitrogens with zero attached hydrogens (tertiary/aromatic N) is 1. The van der Waals surface area contributed by atoms with Gasteiger partial charge in [-0.25, -0.2) is 0 Å². The SMILES string of the molecule is O=C(NC1CC2CCN(CC2)C1)c1ccc2ccc(O)cc2c1. The van der Waals surface area contributed by atoms with Crippen LogP contribution in [-0.4, -0.2) is 41.6 Å². The molecule has 3 aliphatic heterocycles. The first-order valence-electron chi connectivity index (χ1n) is 8.43. The van der Waals surface area contributed by atoms with Crippen molar-refractivity contribution in [3.05, 3.63) is 42.0 Å². The third-order valence-electron chi connectivity index (χ3n) is 5.22. The second-order valence-corrected chi connectivity index (χ2v) is 6.90.